The topological polar surface area (TPSA) is 78.2 Å². The van der Waals surface area contributed by atoms with Gasteiger partial charge in [0.2, 0.25) is 5.28 Å². The van der Waals surface area contributed by atoms with Crippen LogP contribution in [-0.4, -0.2) is 21.5 Å². The number of unbranched alkanes of at least 4 members (excludes halogenated alkanes) is 2. The number of hydrogen-bond donors (Lipinski definition) is 0. The Morgan fingerprint density at radius 3 is 2.94 bits per heavy atom. The number of nitro groups is 1. The molecule has 0 unspecified atom stereocenters. The van der Waals surface area contributed by atoms with Gasteiger partial charge in [-0.2, -0.15) is 4.98 Å². The third-order valence-corrected chi connectivity index (χ3v) is 2.07. The molecule has 1 aromatic heterocycles. The van der Waals surface area contributed by atoms with Gasteiger partial charge in [0, 0.05) is 0 Å². The lowest BCUT2D eigenvalue weighted by atomic mass is 10.3. The molecule has 0 saturated heterocycles. The lowest BCUT2D eigenvalue weighted by Crippen LogP contribution is -2.03. The highest BCUT2D eigenvalue weighted by molar-refractivity contribution is 6.28. The van der Waals surface area contributed by atoms with Gasteiger partial charge in [0.1, 0.15) is 6.20 Å². The summed E-state index contributed by atoms with van der Waals surface area (Å²) < 4.78 is 5.20. The number of hydrogen-bond acceptors (Lipinski definition) is 5. The molecule has 0 bridgehead atoms. The van der Waals surface area contributed by atoms with Gasteiger partial charge in [-0.3, -0.25) is 10.1 Å². The molecule has 0 aromatic carbocycles. The third-order valence-electron chi connectivity index (χ3n) is 1.89. The van der Waals surface area contributed by atoms with Crippen LogP contribution >= 0.6 is 11.6 Å². The summed E-state index contributed by atoms with van der Waals surface area (Å²) in [4.78, 5) is 17.3. The summed E-state index contributed by atoms with van der Waals surface area (Å²) in [5, 5.41) is 10.6. The van der Waals surface area contributed by atoms with Gasteiger partial charge < -0.3 is 4.74 Å². The average molecular weight is 246 g/mol. The van der Waals surface area contributed by atoms with Gasteiger partial charge in [-0.15, -0.1) is 0 Å². The van der Waals surface area contributed by atoms with E-state index in [0.717, 1.165) is 25.5 Å². The lowest BCUT2D eigenvalue weighted by molar-refractivity contribution is -0.386. The summed E-state index contributed by atoms with van der Waals surface area (Å²) in [6.07, 6.45) is 3.93. The number of halogens is 1. The maximum Gasteiger partial charge on any atom is 0.349 e. The van der Waals surface area contributed by atoms with Gasteiger partial charge in [0.15, 0.2) is 0 Å². The average Bonchev–Trinajstić information content (AvgIpc) is 2.24. The van der Waals surface area contributed by atoms with Crippen molar-refractivity contribution >= 4 is 17.3 Å². The fraction of sp³-hybridized carbons (Fsp3) is 0.556. The molecule has 0 N–H and O–H groups in total. The molecule has 0 fully saturated rings. The summed E-state index contributed by atoms with van der Waals surface area (Å²) in [5.41, 5.74) is -0.263. The molecule has 1 rings (SSSR count). The maximum absolute atomic E-state index is 10.6. The van der Waals surface area contributed by atoms with Crippen molar-refractivity contribution in [2.75, 3.05) is 6.61 Å². The van der Waals surface area contributed by atoms with Crippen LogP contribution in [0.25, 0.3) is 0 Å². The van der Waals surface area contributed by atoms with E-state index < -0.39 is 4.92 Å². The highest BCUT2D eigenvalue weighted by Gasteiger charge is 2.18. The number of ether oxygens (including phenoxy) is 1. The molecule has 1 heterocycles. The zero-order chi connectivity index (χ0) is 12.0. The first-order valence-corrected chi connectivity index (χ1v) is 5.32. The first kappa shape index (κ1) is 12.6. The van der Waals surface area contributed by atoms with Crippen molar-refractivity contribution in [3.63, 3.8) is 0 Å². The van der Waals surface area contributed by atoms with Crippen molar-refractivity contribution in [2.24, 2.45) is 0 Å². The first-order chi connectivity index (χ1) is 7.65. The predicted molar refractivity (Wildman–Crippen MR) is 58.7 cm³/mol. The Bertz CT molecular complexity index is 373. The van der Waals surface area contributed by atoms with Gasteiger partial charge in [0.25, 0.3) is 5.88 Å². The van der Waals surface area contributed by atoms with Crippen LogP contribution in [-0.2, 0) is 0 Å². The van der Waals surface area contributed by atoms with Gasteiger partial charge in [-0.1, -0.05) is 19.8 Å². The summed E-state index contributed by atoms with van der Waals surface area (Å²) in [5.74, 6) is -0.0684. The van der Waals surface area contributed by atoms with Crippen LogP contribution in [0.5, 0.6) is 5.88 Å². The number of rotatable bonds is 6. The van der Waals surface area contributed by atoms with Crippen LogP contribution in [0.1, 0.15) is 26.2 Å². The standard InChI is InChI=1S/C9H12ClN3O3/c1-2-3-4-5-16-8-7(13(14)15)6-11-9(10)12-8/h6H,2-5H2,1H3. The lowest BCUT2D eigenvalue weighted by Gasteiger charge is -2.04. The van der Waals surface area contributed by atoms with E-state index in [2.05, 4.69) is 16.9 Å². The molecule has 0 aliphatic carbocycles. The monoisotopic (exact) mass is 245 g/mol. The molecule has 88 valence electrons. The Balaban J connectivity index is 2.68. The molecule has 0 radical (unpaired) electrons. The maximum atomic E-state index is 10.6. The molecule has 0 aliphatic heterocycles. The molecule has 0 spiro atoms. The van der Waals surface area contributed by atoms with E-state index in [0.29, 0.717) is 6.61 Å². The van der Waals surface area contributed by atoms with Gasteiger partial charge in [-0.25, -0.2) is 4.98 Å². The van der Waals surface area contributed by atoms with E-state index in [1.807, 2.05) is 0 Å². The zero-order valence-electron chi connectivity index (χ0n) is 8.85. The minimum Gasteiger partial charge on any atom is -0.473 e. The molecule has 1 aromatic rings. The van der Waals surface area contributed by atoms with Crippen molar-refractivity contribution in [3.8, 4) is 5.88 Å². The van der Waals surface area contributed by atoms with Crippen LogP contribution in [0, 0.1) is 10.1 Å². The predicted octanol–water partition coefficient (Wildman–Crippen LogP) is 2.61. The fourth-order valence-electron chi connectivity index (χ4n) is 1.09. The Morgan fingerprint density at radius 1 is 1.56 bits per heavy atom. The van der Waals surface area contributed by atoms with Gasteiger partial charge >= 0.3 is 5.69 Å². The molecule has 7 heteroatoms. The highest BCUT2D eigenvalue weighted by Crippen LogP contribution is 2.24. The van der Waals surface area contributed by atoms with Crippen molar-refractivity contribution in [1.82, 2.24) is 9.97 Å². The van der Waals surface area contributed by atoms with Gasteiger partial charge in [-0.05, 0) is 18.0 Å². The van der Waals surface area contributed by atoms with Crippen molar-refractivity contribution in [2.45, 2.75) is 26.2 Å². The third kappa shape index (κ3) is 3.62. The minimum atomic E-state index is -0.592. The van der Waals surface area contributed by atoms with Crippen LogP contribution in [0.2, 0.25) is 5.28 Å². The van der Waals surface area contributed by atoms with Crippen molar-refractivity contribution < 1.29 is 9.66 Å². The Kier molecular flexibility index (Phi) is 4.91. The SMILES string of the molecule is CCCCCOc1nc(Cl)ncc1[N+](=O)[O-]. The van der Waals surface area contributed by atoms with E-state index in [1.54, 1.807) is 0 Å². The second-order valence-electron chi connectivity index (χ2n) is 3.14. The summed E-state index contributed by atoms with van der Waals surface area (Å²) in [6.45, 7) is 2.45. The minimum absolute atomic E-state index is 0.0592. The Hall–Kier alpha value is -1.43. The highest BCUT2D eigenvalue weighted by atomic mass is 35.5. The van der Waals surface area contributed by atoms with Crippen LogP contribution in [0.15, 0.2) is 6.20 Å². The molecule has 0 aliphatic rings. The molecule has 16 heavy (non-hydrogen) atoms. The fourth-order valence-corrected chi connectivity index (χ4v) is 1.22. The summed E-state index contributed by atoms with van der Waals surface area (Å²) in [7, 11) is 0. The van der Waals surface area contributed by atoms with E-state index in [9.17, 15) is 10.1 Å². The normalized spacial score (nSPS) is 10.1. The zero-order valence-corrected chi connectivity index (χ0v) is 9.61. The molecule has 6 nitrogen and oxygen atoms in total. The number of nitrogens with zero attached hydrogens (tertiary/aromatic N) is 3. The second kappa shape index (κ2) is 6.22. The van der Waals surface area contributed by atoms with Crippen LogP contribution in [0.3, 0.4) is 0 Å². The van der Waals surface area contributed by atoms with Crippen molar-refractivity contribution in [3.05, 3.63) is 21.6 Å². The van der Waals surface area contributed by atoms with E-state index in [-0.39, 0.29) is 16.9 Å². The second-order valence-corrected chi connectivity index (χ2v) is 3.48. The molecule has 0 saturated carbocycles. The molecule has 0 amide bonds. The largest absolute Gasteiger partial charge is 0.473 e. The van der Waals surface area contributed by atoms with Crippen LogP contribution in [0.4, 0.5) is 5.69 Å². The van der Waals surface area contributed by atoms with E-state index in [1.165, 1.54) is 0 Å². The van der Waals surface area contributed by atoms with Crippen molar-refractivity contribution in [1.29, 1.82) is 0 Å². The molecular weight excluding hydrogens is 234 g/mol. The molecular formula is C9H12ClN3O3. The van der Waals surface area contributed by atoms with Crippen LogP contribution < -0.4 is 4.74 Å². The first-order valence-electron chi connectivity index (χ1n) is 4.95. The Labute approximate surface area is 97.8 Å². The smallest absolute Gasteiger partial charge is 0.349 e. The Morgan fingerprint density at radius 2 is 2.31 bits per heavy atom. The van der Waals surface area contributed by atoms with E-state index in [4.69, 9.17) is 16.3 Å². The molecule has 0 atom stereocenters. The summed E-state index contributed by atoms with van der Waals surface area (Å²) in [6, 6.07) is 0. The van der Waals surface area contributed by atoms with Gasteiger partial charge in [0.05, 0.1) is 11.5 Å². The summed E-state index contributed by atoms with van der Waals surface area (Å²) >= 11 is 5.54. The quantitative estimate of drug-likeness (QED) is 0.333. The number of aromatic nitrogens is 2. The van der Waals surface area contributed by atoms with E-state index >= 15 is 0 Å².